The van der Waals surface area contributed by atoms with Gasteiger partial charge in [0.15, 0.2) is 18.1 Å². The minimum Gasteiger partial charge on any atom is -0.490 e. The average Bonchev–Trinajstić information content (AvgIpc) is 2.71. The second-order valence-electron chi connectivity index (χ2n) is 5.96. The lowest BCUT2D eigenvalue weighted by Gasteiger charge is -2.11. The molecule has 0 aliphatic heterocycles. The third-order valence-corrected chi connectivity index (χ3v) is 4.02. The van der Waals surface area contributed by atoms with Crippen molar-refractivity contribution in [3.05, 3.63) is 72.3 Å². The number of fused-ring (bicyclic) bond motifs is 1. The standard InChI is InChI=1S/C22H22N2O3/c1-3-26-20-10-6-7-11-21(20)27-15-22(25)24-23-16(2)18-13-12-17-8-4-5-9-19(17)14-18/h4-14H,3,15H2,1-2H3,(H,24,25)/b23-16+. The number of rotatable bonds is 7. The van der Waals surface area contributed by atoms with Gasteiger partial charge in [-0.15, -0.1) is 0 Å². The van der Waals surface area contributed by atoms with Gasteiger partial charge in [-0.05, 0) is 48.4 Å². The van der Waals surface area contributed by atoms with E-state index >= 15 is 0 Å². The minimum absolute atomic E-state index is 0.140. The number of nitrogens with zero attached hydrogens (tertiary/aromatic N) is 1. The van der Waals surface area contributed by atoms with Gasteiger partial charge in [-0.2, -0.15) is 5.10 Å². The number of amides is 1. The Morgan fingerprint density at radius 2 is 1.59 bits per heavy atom. The molecule has 1 N–H and O–H groups in total. The first-order valence-corrected chi connectivity index (χ1v) is 8.84. The van der Waals surface area contributed by atoms with Crippen molar-refractivity contribution in [3.63, 3.8) is 0 Å². The van der Waals surface area contributed by atoms with Crippen LogP contribution >= 0.6 is 0 Å². The molecule has 138 valence electrons. The minimum atomic E-state index is -0.332. The molecule has 0 saturated heterocycles. The van der Waals surface area contributed by atoms with Crippen molar-refractivity contribution < 1.29 is 14.3 Å². The van der Waals surface area contributed by atoms with Gasteiger partial charge in [0.25, 0.3) is 5.91 Å². The Kier molecular flexibility index (Phi) is 6.05. The average molecular weight is 362 g/mol. The molecule has 0 aromatic heterocycles. The van der Waals surface area contributed by atoms with Crippen molar-refractivity contribution >= 4 is 22.4 Å². The predicted molar refractivity (Wildman–Crippen MR) is 107 cm³/mol. The molecule has 5 nitrogen and oxygen atoms in total. The second kappa shape index (κ2) is 8.85. The molecular weight excluding hydrogens is 340 g/mol. The summed E-state index contributed by atoms with van der Waals surface area (Å²) in [4.78, 5) is 12.0. The molecule has 0 aliphatic rings. The maximum Gasteiger partial charge on any atom is 0.277 e. The fourth-order valence-electron chi connectivity index (χ4n) is 2.64. The molecule has 1 amide bonds. The maximum absolute atomic E-state index is 12.0. The van der Waals surface area contributed by atoms with Gasteiger partial charge in [-0.25, -0.2) is 5.43 Å². The van der Waals surface area contributed by atoms with Crippen LogP contribution < -0.4 is 14.9 Å². The molecule has 0 atom stereocenters. The zero-order valence-electron chi connectivity index (χ0n) is 15.4. The first kappa shape index (κ1) is 18.5. The van der Waals surface area contributed by atoms with Gasteiger partial charge in [0.05, 0.1) is 12.3 Å². The SMILES string of the molecule is CCOc1ccccc1OCC(=O)N/N=C(\C)c1ccc2ccccc2c1. The highest BCUT2D eigenvalue weighted by atomic mass is 16.5. The molecule has 3 aromatic carbocycles. The van der Waals surface area contributed by atoms with Gasteiger partial charge in [-0.1, -0.05) is 48.5 Å². The summed E-state index contributed by atoms with van der Waals surface area (Å²) in [6.07, 6.45) is 0. The highest BCUT2D eigenvalue weighted by Crippen LogP contribution is 2.26. The molecule has 0 saturated carbocycles. The Morgan fingerprint density at radius 3 is 2.33 bits per heavy atom. The lowest BCUT2D eigenvalue weighted by Crippen LogP contribution is -2.25. The topological polar surface area (TPSA) is 59.9 Å². The summed E-state index contributed by atoms with van der Waals surface area (Å²) in [5.74, 6) is 0.815. The highest BCUT2D eigenvalue weighted by Gasteiger charge is 2.07. The molecule has 3 aromatic rings. The lowest BCUT2D eigenvalue weighted by molar-refractivity contribution is -0.123. The van der Waals surface area contributed by atoms with Crippen LogP contribution in [-0.2, 0) is 4.79 Å². The van der Waals surface area contributed by atoms with Crippen molar-refractivity contribution in [2.24, 2.45) is 5.10 Å². The molecular formula is C22H22N2O3. The Bertz CT molecular complexity index is 966. The number of para-hydroxylation sites is 2. The van der Waals surface area contributed by atoms with Crippen molar-refractivity contribution in [1.82, 2.24) is 5.43 Å². The number of hydrazone groups is 1. The molecule has 27 heavy (non-hydrogen) atoms. The number of ether oxygens (including phenoxy) is 2. The number of hydrogen-bond donors (Lipinski definition) is 1. The number of hydrogen-bond acceptors (Lipinski definition) is 4. The van der Waals surface area contributed by atoms with Crippen LogP contribution in [0.5, 0.6) is 11.5 Å². The molecule has 5 heteroatoms. The van der Waals surface area contributed by atoms with Crippen LogP contribution in [0.3, 0.4) is 0 Å². The van der Waals surface area contributed by atoms with Crippen molar-refractivity contribution in [1.29, 1.82) is 0 Å². The van der Waals surface area contributed by atoms with E-state index in [2.05, 4.69) is 22.7 Å². The highest BCUT2D eigenvalue weighted by molar-refractivity contribution is 6.02. The second-order valence-corrected chi connectivity index (χ2v) is 5.96. The van der Waals surface area contributed by atoms with E-state index in [9.17, 15) is 4.79 Å². The first-order chi connectivity index (χ1) is 13.2. The monoisotopic (exact) mass is 362 g/mol. The Morgan fingerprint density at radius 1 is 0.926 bits per heavy atom. The van der Waals surface area contributed by atoms with E-state index in [4.69, 9.17) is 9.47 Å². The predicted octanol–water partition coefficient (Wildman–Crippen LogP) is 4.16. The molecule has 0 fully saturated rings. The summed E-state index contributed by atoms with van der Waals surface area (Å²) < 4.78 is 11.0. The van der Waals surface area contributed by atoms with Crippen LogP contribution in [0.4, 0.5) is 0 Å². The summed E-state index contributed by atoms with van der Waals surface area (Å²) in [7, 11) is 0. The van der Waals surface area contributed by atoms with Crippen LogP contribution in [0.1, 0.15) is 19.4 Å². The Labute approximate surface area is 158 Å². The van der Waals surface area contributed by atoms with Gasteiger partial charge in [0.2, 0.25) is 0 Å². The van der Waals surface area contributed by atoms with Crippen LogP contribution in [0.2, 0.25) is 0 Å². The fourth-order valence-corrected chi connectivity index (χ4v) is 2.64. The number of carbonyl (C=O) groups excluding carboxylic acids is 1. The molecule has 3 rings (SSSR count). The van der Waals surface area contributed by atoms with E-state index in [-0.39, 0.29) is 12.5 Å². The lowest BCUT2D eigenvalue weighted by atomic mass is 10.0. The fraction of sp³-hybridized carbons (Fsp3) is 0.182. The van der Waals surface area contributed by atoms with Crippen LogP contribution in [-0.4, -0.2) is 24.8 Å². The third kappa shape index (κ3) is 4.85. The van der Waals surface area contributed by atoms with Gasteiger partial charge < -0.3 is 9.47 Å². The number of carbonyl (C=O) groups is 1. The van der Waals surface area contributed by atoms with E-state index in [1.165, 1.54) is 5.39 Å². The van der Waals surface area contributed by atoms with E-state index in [0.717, 1.165) is 16.7 Å². The summed E-state index contributed by atoms with van der Waals surface area (Å²) in [6.45, 7) is 4.14. The largest absolute Gasteiger partial charge is 0.490 e. The maximum atomic E-state index is 12.0. The van der Waals surface area contributed by atoms with Gasteiger partial charge in [-0.3, -0.25) is 4.79 Å². The smallest absolute Gasteiger partial charge is 0.277 e. The van der Waals surface area contributed by atoms with Gasteiger partial charge in [0.1, 0.15) is 0 Å². The molecule has 0 heterocycles. The normalized spacial score (nSPS) is 11.3. The van der Waals surface area contributed by atoms with Gasteiger partial charge in [0, 0.05) is 0 Å². The van der Waals surface area contributed by atoms with E-state index in [1.807, 2.05) is 56.3 Å². The summed E-state index contributed by atoms with van der Waals surface area (Å²) in [5.41, 5.74) is 4.21. The summed E-state index contributed by atoms with van der Waals surface area (Å²) >= 11 is 0. The molecule has 0 unspecified atom stereocenters. The molecule has 0 spiro atoms. The van der Waals surface area contributed by atoms with Crippen molar-refractivity contribution in [2.45, 2.75) is 13.8 Å². The molecule has 0 bridgehead atoms. The quantitative estimate of drug-likeness (QED) is 0.507. The van der Waals surface area contributed by atoms with Crippen LogP contribution in [0, 0.1) is 0 Å². The molecule has 0 radical (unpaired) electrons. The number of benzene rings is 3. The van der Waals surface area contributed by atoms with Crippen LogP contribution in [0.25, 0.3) is 10.8 Å². The van der Waals surface area contributed by atoms with E-state index in [1.54, 1.807) is 12.1 Å². The molecule has 0 aliphatic carbocycles. The van der Waals surface area contributed by atoms with E-state index < -0.39 is 0 Å². The Hall–Kier alpha value is -3.34. The summed E-state index contributed by atoms with van der Waals surface area (Å²) in [6, 6.07) is 21.5. The third-order valence-electron chi connectivity index (χ3n) is 4.02. The van der Waals surface area contributed by atoms with Gasteiger partial charge >= 0.3 is 0 Å². The summed E-state index contributed by atoms with van der Waals surface area (Å²) in [5, 5.41) is 6.48. The van der Waals surface area contributed by atoms with Crippen molar-refractivity contribution in [3.8, 4) is 11.5 Å². The van der Waals surface area contributed by atoms with Crippen molar-refractivity contribution in [2.75, 3.05) is 13.2 Å². The van der Waals surface area contributed by atoms with E-state index in [0.29, 0.717) is 18.1 Å². The zero-order chi connectivity index (χ0) is 19.1. The van der Waals surface area contributed by atoms with Crippen LogP contribution in [0.15, 0.2) is 71.8 Å². The zero-order valence-corrected chi connectivity index (χ0v) is 15.4. The first-order valence-electron chi connectivity index (χ1n) is 8.84. The Balaban J connectivity index is 1.60. The number of nitrogens with one attached hydrogen (secondary N) is 1.